The van der Waals surface area contributed by atoms with E-state index >= 15 is 0 Å². The Hall–Kier alpha value is -0.430. The molecule has 2 rings (SSSR count). The molecule has 2 unspecified atom stereocenters. The Morgan fingerprint density at radius 1 is 1.43 bits per heavy atom. The molecule has 6 heteroatoms. The second kappa shape index (κ2) is 7.22. The maximum absolute atomic E-state index is 11.6. The van der Waals surface area contributed by atoms with E-state index in [1.165, 1.54) is 10.6 Å². The van der Waals surface area contributed by atoms with Crippen LogP contribution in [0.2, 0.25) is 0 Å². The Morgan fingerprint density at radius 3 is 2.81 bits per heavy atom. The standard InChI is InChI=1S/C15H22BrNO3S/c1-21(19,20)17-8-4-5-12(11-17)9-14(18)10-13-6-2-3-7-15(13)16/h2-3,6-7,12,14,18H,4-5,8-11H2,1H3. The summed E-state index contributed by atoms with van der Waals surface area (Å²) in [6.45, 7) is 1.14. The maximum Gasteiger partial charge on any atom is 0.211 e. The predicted octanol–water partition coefficient (Wildman–Crippen LogP) is 2.41. The van der Waals surface area contributed by atoms with Crippen LogP contribution in [0, 0.1) is 5.92 Å². The molecule has 0 spiro atoms. The molecule has 0 bridgehead atoms. The van der Waals surface area contributed by atoms with Crippen molar-refractivity contribution in [3.8, 4) is 0 Å². The molecule has 1 fully saturated rings. The molecule has 1 aliphatic rings. The van der Waals surface area contributed by atoms with Crippen molar-refractivity contribution >= 4 is 26.0 Å². The number of sulfonamides is 1. The summed E-state index contributed by atoms with van der Waals surface area (Å²) in [6, 6.07) is 7.87. The van der Waals surface area contributed by atoms with E-state index in [0.29, 0.717) is 25.9 Å². The van der Waals surface area contributed by atoms with Crippen molar-refractivity contribution in [3.05, 3.63) is 34.3 Å². The van der Waals surface area contributed by atoms with Crippen molar-refractivity contribution in [2.45, 2.75) is 31.8 Å². The highest BCUT2D eigenvalue weighted by Gasteiger charge is 2.27. The maximum atomic E-state index is 11.6. The Balaban J connectivity index is 1.91. The van der Waals surface area contributed by atoms with Crippen LogP contribution in [-0.2, 0) is 16.4 Å². The van der Waals surface area contributed by atoms with Gasteiger partial charge in [0.05, 0.1) is 12.4 Å². The van der Waals surface area contributed by atoms with Gasteiger partial charge >= 0.3 is 0 Å². The van der Waals surface area contributed by atoms with Crippen LogP contribution in [0.4, 0.5) is 0 Å². The summed E-state index contributed by atoms with van der Waals surface area (Å²) < 4.78 is 25.8. The molecular formula is C15H22BrNO3S. The molecule has 0 aliphatic carbocycles. The van der Waals surface area contributed by atoms with Crippen LogP contribution >= 0.6 is 15.9 Å². The summed E-state index contributed by atoms with van der Waals surface area (Å²) in [5, 5.41) is 10.3. The molecule has 0 radical (unpaired) electrons. The minimum Gasteiger partial charge on any atom is -0.393 e. The number of piperidine rings is 1. The van der Waals surface area contributed by atoms with Gasteiger partial charge in [-0.05, 0) is 43.2 Å². The normalized spacial score (nSPS) is 22.1. The van der Waals surface area contributed by atoms with Crippen molar-refractivity contribution in [3.63, 3.8) is 0 Å². The first-order valence-electron chi connectivity index (χ1n) is 7.23. The molecule has 1 heterocycles. The van der Waals surface area contributed by atoms with E-state index in [0.717, 1.165) is 22.9 Å². The van der Waals surface area contributed by atoms with Gasteiger partial charge in [0, 0.05) is 17.6 Å². The van der Waals surface area contributed by atoms with Crippen molar-refractivity contribution in [1.82, 2.24) is 4.31 Å². The highest BCUT2D eigenvalue weighted by Crippen LogP contribution is 2.25. The van der Waals surface area contributed by atoms with E-state index in [4.69, 9.17) is 0 Å². The zero-order valence-electron chi connectivity index (χ0n) is 12.2. The van der Waals surface area contributed by atoms with E-state index in [1.807, 2.05) is 24.3 Å². The van der Waals surface area contributed by atoms with E-state index in [9.17, 15) is 13.5 Å². The van der Waals surface area contributed by atoms with Gasteiger partial charge in [-0.15, -0.1) is 0 Å². The summed E-state index contributed by atoms with van der Waals surface area (Å²) in [7, 11) is -3.12. The van der Waals surface area contributed by atoms with Crippen LogP contribution in [0.25, 0.3) is 0 Å². The molecule has 1 N–H and O–H groups in total. The van der Waals surface area contributed by atoms with Gasteiger partial charge in [0.1, 0.15) is 0 Å². The third kappa shape index (κ3) is 5.06. The second-order valence-corrected chi connectivity index (χ2v) is 8.65. The van der Waals surface area contributed by atoms with Crippen molar-refractivity contribution in [1.29, 1.82) is 0 Å². The van der Waals surface area contributed by atoms with Gasteiger partial charge in [0.25, 0.3) is 0 Å². The quantitative estimate of drug-likeness (QED) is 0.859. The first kappa shape index (κ1) is 16.9. The zero-order chi connectivity index (χ0) is 15.5. The van der Waals surface area contributed by atoms with Crippen molar-refractivity contribution in [2.75, 3.05) is 19.3 Å². The number of benzene rings is 1. The Kier molecular flexibility index (Phi) is 5.82. The fraction of sp³-hybridized carbons (Fsp3) is 0.600. The molecule has 21 heavy (non-hydrogen) atoms. The molecule has 1 aromatic rings. The van der Waals surface area contributed by atoms with Gasteiger partial charge in [0.15, 0.2) is 0 Å². The number of nitrogens with zero attached hydrogens (tertiary/aromatic N) is 1. The predicted molar refractivity (Wildman–Crippen MR) is 87.6 cm³/mol. The van der Waals surface area contributed by atoms with Gasteiger partial charge in [-0.2, -0.15) is 0 Å². The van der Waals surface area contributed by atoms with Gasteiger partial charge in [-0.1, -0.05) is 34.1 Å². The fourth-order valence-corrected chi connectivity index (χ4v) is 4.30. The van der Waals surface area contributed by atoms with Crippen molar-refractivity contribution in [2.24, 2.45) is 5.92 Å². The van der Waals surface area contributed by atoms with Crippen LogP contribution < -0.4 is 0 Å². The summed E-state index contributed by atoms with van der Waals surface area (Å²) >= 11 is 3.49. The molecule has 118 valence electrons. The lowest BCUT2D eigenvalue weighted by molar-refractivity contribution is 0.122. The third-order valence-corrected chi connectivity index (χ3v) is 6.01. The zero-order valence-corrected chi connectivity index (χ0v) is 14.6. The number of aliphatic hydroxyl groups excluding tert-OH is 1. The minimum atomic E-state index is -3.12. The fourth-order valence-electron chi connectivity index (χ4n) is 2.91. The highest BCUT2D eigenvalue weighted by atomic mass is 79.9. The summed E-state index contributed by atoms with van der Waals surface area (Å²) in [6.07, 6.45) is 3.92. The van der Waals surface area contributed by atoms with Crippen LogP contribution in [0.5, 0.6) is 0 Å². The second-order valence-electron chi connectivity index (χ2n) is 5.81. The van der Waals surface area contributed by atoms with Gasteiger partial charge in [-0.25, -0.2) is 12.7 Å². The molecule has 4 nitrogen and oxygen atoms in total. The molecule has 1 aliphatic heterocycles. The Bertz CT molecular complexity index is 576. The molecule has 0 amide bonds. The van der Waals surface area contributed by atoms with Gasteiger partial charge in [0.2, 0.25) is 10.0 Å². The smallest absolute Gasteiger partial charge is 0.211 e. The van der Waals surface area contributed by atoms with Crippen LogP contribution in [0.15, 0.2) is 28.7 Å². The number of hydrogen-bond donors (Lipinski definition) is 1. The average Bonchev–Trinajstić information content (AvgIpc) is 2.41. The van der Waals surface area contributed by atoms with Crippen LogP contribution in [0.3, 0.4) is 0 Å². The summed E-state index contributed by atoms with van der Waals surface area (Å²) in [5.74, 6) is 0.242. The number of aliphatic hydroxyl groups is 1. The van der Waals surface area contributed by atoms with E-state index in [-0.39, 0.29) is 5.92 Å². The van der Waals surface area contributed by atoms with E-state index in [2.05, 4.69) is 15.9 Å². The van der Waals surface area contributed by atoms with E-state index in [1.54, 1.807) is 0 Å². The van der Waals surface area contributed by atoms with Crippen LogP contribution in [0.1, 0.15) is 24.8 Å². The van der Waals surface area contributed by atoms with Gasteiger partial charge < -0.3 is 5.11 Å². The lowest BCUT2D eigenvalue weighted by Gasteiger charge is -2.32. The topological polar surface area (TPSA) is 57.6 Å². The number of hydrogen-bond acceptors (Lipinski definition) is 3. The lowest BCUT2D eigenvalue weighted by Crippen LogP contribution is -2.40. The largest absolute Gasteiger partial charge is 0.393 e. The van der Waals surface area contributed by atoms with Crippen molar-refractivity contribution < 1.29 is 13.5 Å². The molecule has 0 aromatic heterocycles. The molecule has 1 saturated heterocycles. The SMILES string of the molecule is CS(=O)(=O)N1CCCC(CC(O)Cc2ccccc2Br)C1. The molecule has 1 aromatic carbocycles. The van der Waals surface area contributed by atoms with Gasteiger partial charge in [-0.3, -0.25) is 0 Å². The number of rotatable bonds is 5. The summed E-state index contributed by atoms with van der Waals surface area (Å²) in [4.78, 5) is 0. The average molecular weight is 376 g/mol. The molecule has 2 atom stereocenters. The third-order valence-electron chi connectivity index (χ3n) is 3.97. The first-order valence-corrected chi connectivity index (χ1v) is 9.87. The molecule has 0 saturated carbocycles. The first-order chi connectivity index (χ1) is 9.86. The van der Waals surface area contributed by atoms with E-state index < -0.39 is 16.1 Å². The monoisotopic (exact) mass is 375 g/mol. The minimum absolute atomic E-state index is 0.242. The highest BCUT2D eigenvalue weighted by molar-refractivity contribution is 9.10. The Labute approximate surface area is 135 Å². The molecular weight excluding hydrogens is 354 g/mol. The lowest BCUT2D eigenvalue weighted by atomic mass is 9.91. The van der Waals surface area contributed by atoms with Crippen LogP contribution in [-0.4, -0.2) is 43.3 Å². The number of halogens is 1. The summed E-state index contributed by atoms with van der Waals surface area (Å²) in [5.41, 5.74) is 1.08. The Morgan fingerprint density at radius 2 is 2.14 bits per heavy atom.